The molecule has 164 valence electrons. The molecule has 0 saturated heterocycles. The van der Waals surface area contributed by atoms with Gasteiger partial charge in [0.05, 0.1) is 0 Å². The lowest BCUT2D eigenvalue weighted by molar-refractivity contribution is -0.158. The van der Waals surface area contributed by atoms with E-state index in [2.05, 4.69) is 62.1 Å². The first-order valence-electron chi connectivity index (χ1n) is 12.3. The highest BCUT2D eigenvalue weighted by molar-refractivity contribution is 5.66. The summed E-state index contributed by atoms with van der Waals surface area (Å²) in [5, 5.41) is 0. The van der Waals surface area contributed by atoms with Gasteiger partial charge in [-0.05, 0) is 92.6 Å². The third-order valence-electron chi connectivity index (χ3n) is 9.65. The van der Waals surface area contributed by atoms with Crippen molar-refractivity contribution in [2.45, 2.75) is 78.2 Å². The summed E-state index contributed by atoms with van der Waals surface area (Å²) in [6.07, 6.45) is 12.4. The molecule has 0 heterocycles. The predicted molar refractivity (Wildman–Crippen MR) is 124 cm³/mol. The fourth-order valence-corrected chi connectivity index (χ4v) is 7.98. The molecule has 3 saturated carbocycles. The second-order valence-corrected chi connectivity index (χ2v) is 11.1. The molecule has 31 heavy (non-hydrogen) atoms. The van der Waals surface area contributed by atoms with Gasteiger partial charge in [0.2, 0.25) is 0 Å². The molecule has 0 radical (unpaired) electrons. The maximum atomic E-state index is 11.5. The topological polar surface area (TPSA) is 26.3 Å². The number of benzene rings is 1. The van der Waals surface area contributed by atoms with Crippen molar-refractivity contribution in [1.29, 1.82) is 0 Å². The Hall–Kier alpha value is -2.01. The maximum Gasteiger partial charge on any atom is 0.302 e. The molecule has 0 aliphatic heterocycles. The standard InChI is InChI=1S/C29H36O2/c1-20(30)31-24-15-17-29(3)23(19-24)11-13-25-26-14-12-22(28(26,2)18-16-27(25)29)10-9-21-7-5-4-6-8-21/h4-8,12,23-27H,11,13-19H2,1-3H3/t23-,24-,25-,26-,27+,28-,29+/m1/s1. The van der Waals surface area contributed by atoms with Crippen LogP contribution >= 0.6 is 0 Å². The van der Waals surface area contributed by atoms with E-state index in [9.17, 15) is 4.79 Å². The van der Waals surface area contributed by atoms with Crippen LogP contribution in [0.4, 0.5) is 0 Å². The second-order valence-electron chi connectivity index (χ2n) is 11.1. The van der Waals surface area contributed by atoms with Crippen LogP contribution < -0.4 is 0 Å². The zero-order valence-corrected chi connectivity index (χ0v) is 19.3. The van der Waals surface area contributed by atoms with Gasteiger partial charge in [0.15, 0.2) is 0 Å². The molecule has 2 nitrogen and oxygen atoms in total. The minimum atomic E-state index is -0.114. The quantitative estimate of drug-likeness (QED) is 0.383. The zero-order valence-electron chi connectivity index (χ0n) is 19.3. The van der Waals surface area contributed by atoms with Gasteiger partial charge in [0.25, 0.3) is 0 Å². The summed E-state index contributed by atoms with van der Waals surface area (Å²) in [7, 11) is 0. The van der Waals surface area contributed by atoms with Crippen LogP contribution in [0.1, 0.15) is 77.7 Å². The van der Waals surface area contributed by atoms with Crippen LogP contribution in [0.3, 0.4) is 0 Å². The Kier molecular flexibility index (Phi) is 5.28. The maximum absolute atomic E-state index is 11.5. The first kappa shape index (κ1) is 20.9. The second kappa shape index (κ2) is 7.84. The summed E-state index contributed by atoms with van der Waals surface area (Å²) >= 11 is 0. The Morgan fingerprint density at radius 1 is 1.00 bits per heavy atom. The third kappa shape index (κ3) is 3.55. The van der Waals surface area contributed by atoms with Gasteiger partial charge >= 0.3 is 5.97 Å². The highest BCUT2D eigenvalue weighted by Gasteiger charge is 2.58. The minimum Gasteiger partial charge on any atom is -0.463 e. The van der Waals surface area contributed by atoms with Crippen LogP contribution in [-0.2, 0) is 9.53 Å². The SMILES string of the molecule is CC(=O)O[C@@H]1CC[C@@]2(C)[C@H](CC[C@@H]3[C@H]4CC=C(C#Cc5ccccc5)[C@@]4(C)CC[C@@H]32)C1. The van der Waals surface area contributed by atoms with Crippen LogP contribution in [0.2, 0.25) is 0 Å². The van der Waals surface area contributed by atoms with Gasteiger partial charge in [-0.1, -0.05) is 50.0 Å². The molecule has 0 unspecified atom stereocenters. The molecular formula is C29H36O2. The third-order valence-corrected chi connectivity index (χ3v) is 9.65. The number of hydrogen-bond donors (Lipinski definition) is 0. The van der Waals surface area contributed by atoms with Gasteiger partial charge in [-0.25, -0.2) is 0 Å². The van der Waals surface area contributed by atoms with E-state index in [1.165, 1.54) is 44.1 Å². The molecule has 0 N–H and O–H groups in total. The molecule has 5 rings (SSSR count). The molecule has 0 aromatic heterocycles. The van der Waals surface area contributed by atoms with Crippen molar-refractivity contribution in [3.05, 3.63) is 47.5 Å². The van der Waals surface area contributed by atoms with E-state index in [4.69, 9.17) is 4.74 Å². The Morgan fingerprint density at radius 2 is 1.81 bits per heavy atom. The van der Waals surface area contributed by atoms with Gasteiger partial charge < -0.3 is 4.74 Å². The van der Waals surface area contributed by atoms with E-state index < -0.39 is 0 Å². The van der Waals surface area contributed by atoms with Crippen molar-refractivity contribution in [3.8, 4) is 11.8 Å². The molecule has 0 spiro atoms. The lowest BCUT2D eigenvalue weighted by Crippen LogP contribution is -2.53. The molecule has 1 aromatic rings. The number of hydrogen-bond acceptors (Lipinski definition) is 2. The molecular weight excluding hydrogens is 380 g/mol. The van der Waals surface area contributed by atoms with Crippen LogP contribution in [0.5, 0.6) is 0 Å². The highest BCUT2D eigenvalue weighted by atomic mass is 16.5. The number of rotatable bonds is 1. The summed E-state index contributed by atoms with van der Waals surface area (Å²) < 4.78 is 5.62. The normalized spacial score (nSPS) is 41.0. The largest absolute Gasteiger partial charge is 0.463 e. The van der Waals surface area contributed by atoms with Gasteiger partial charge in [-0.3, -0.25) is 4.79 Å². The van der Waals surface area contributed by atoms with Gasteiger partial charge in [0.1, 0.15) is 6.10 Å². The molecule has 0 bridgehead atoms. The summed E-state index contributed by atoms with van der Waals surface area (Å²) in [6.45, 7) is 6.62. The average Bonchev–Trinajstić information content (AvgIpc) is 3.09. The Labute approximate surface area is 187 Å². The summed E-state index contributed by atoms with van der Waals surface area (Å²) in [4.78, 5) is 11.5. The van der Waals surface area contributed by atoms with E-state index >= 15 is 0 Å². The number of carbonyl (C=O) groups is 1. The monoisotopic (exact) mass is 416 g/mol. The number of carbonyl (C=O) groups excluding carboxylic acids is 1. The first-order valence-corrected chi connectivity index (χ1v) is 12.3. The molecule has 7 atom stereocenters. The Morgan fingerprint density at radius 3 is 2.58 bits per heavy atom. The highest BCUT2D eigenvalue weighted by Crippen LogP contribution is 2.66. The van der Waals surface area contributed by atoms with Gasteiger partial charge in [-0.15, -0.1) is 0 Å². The van der Waals surface area contributed by atoms with Crippen molar-refractivity contribution in [3.63, 3.8) is 0 Å². The lowest BCUT2D eigenvalue weighted by Gasteiger charge is -2.60. The van der Waals surface area contributed by atoms with Gasteiger partial charge in [-0.2, -0.15) is 0 Å². The Balaban J connectivity index is 1.33. The van der Waals surface area contributed by atoms with Crippen molar-refractivity contribution >= 4 is 5.97 Å². The van der Waals surface area contributed by atoms with Crippen LogP contribution in [0, 0.1) is 46.3 Å². The van der Waals surface area contributed by atoms with Crippen LogP contribution in [0.15, 0.2) is 42.0 Å². The number of ether oxygens (including phenoxy) is 1. The van der Waals surface area contributed by atoms with Crippen molar-refractivity contribution in [1.82, 2.24) is 0 Å². The van der Waals surface area contributed by atoms with E-state index in [0.717, 1.165) is 36.2 Å². The van der Waals surface area contributed by atoms with Crippen LogP contribution in [-0.4, -0.2) is 12.1 Å². The first-order chi connectivity index (χ1) is 14.9. The predicted octanol–water partition coefficient (Wildman–Crippen LogP) is 6.55. The Bertz CT molecular complexity index is 934. The lowest BCUT2D eigenvalue weighted by atomic mass is 9.44. The number of fused-ring (bicyclic) bond motifs is 5. The van der Waals surface area contributed by atoms with E-state index in [1.807, 2.05) is 0 Å². The number of esters is 1. The van der Waals surface area contributed by atoms with E-state index in [1.54, 1.807) is 6.92 Å². The van der Waals surface area contributed by atoms with Crippen molar-refractivity contribution in [2.75, 3.05) is 0 Å². The van der Waals surface area contributed by atoms with E-state index in [-0.39, 0.29) is 17.5 Å². The van der Waals surface area contributed by atoms with Crippen molar-refractivity contribution < 1.29 is 9.53 Å². The molecule has 0 amide bonds. The molecule has 1 aromatic carbocycles. The smallest absolute Gasteiger partial charge is 0.302 e. The van der Waals surface area contributed by atoms with E-state index in [0.29, 0.717) is 11.3 Å². The summed E-state index contributed by atoms with van der Waals surface area (Å²) in [5.41, 5.74) is 3.17. The summed E-state index contributed by atoms with van der Waals surface area (Å²) in [6, 6.07) is 10.4. The summed E-state index contributed by atoms with van der Waals surface area (Å²) in [5.74, 6) is 9.99. The molecule has 4 aliphatic rings. The average molecular weight is 417 g/mol. The molecule has 2 heteroatoms. The number of allylic oxidation sites excluding steroid dienone is 2. The fraction of sp³-hybridized carbons (Fsp3) is 0.621. The molecule has 3 fully saturated rings. The van der Waals surface area contributed by atoms with Crippen molar-refractivity contribution in [2.24, 2.45) is 34.5 Å². The van der Waals surface area contributed by atoms with Gasteiger partial charge in [0, 0.05) is 23.5 Å². The fourth-order valence-electron chi connectivity index (χ4n) is 7.98. The van der Waals surface area contributed by atoms with Crippen LogP contribution in [0.25, 0.3) is 0 Å². The minimum absolute atomic E-state index is 0.114. The molecule has 4 aliphatic carbocycles. The zero-order chi connectivity index (χ0) is 21.6.